The van der Waals surface area contributed by atoms with E-state index in [1.54, 1.807) is 0 Å². The summed E-state index contributed by atoms with van der Waals surface area (Å²) in [5.41, 5.74) is 0. The molecular weight excluding hydrogens is 267 g/mol. The summed E-state index contributed by atoms with van der Waals surface area (Å²) in [7, 11) is -2.92. The van der Waals surface area contributed by atoms with Crippen molar-refractivity contribution in [2.75, 3.05) is 20.3 Å². The van der Waals surface area contributed by atoms with Gasteiger partial charge in [0, 0.05) is 13.7 Å². The lowest BCUT2D eigenvalue weighted by molar-refractivity contribution is -0.223. The molecule has 116 valence electrons. The Labute approximate surface area is 116 Å². The largest absolute Gasteiger partial charge is 0.756 e. The Balaban J connectivity index is 3.09. The highest BCUT2D eigenvalue weighted by Crippen LogP contribution is 2.36. The van der Waals surface area contributed by atoms with Gasteiger partial charge in [0.15, 0.2) is 0 Å². The fourth-order valence-electron chi connectivity index (χ4n) is 1.86. The summed E-state index contributed by atoms with van der Waals surface area (Å²) in [6, 6.07) is 0. The Hall–Kier alpha value is 0.0700. The lowest BCUT2D eigenvalue weighted by Crippen LogP contribution is -2.06. The maximum absolute atomic E-state index is 10.8. The highest BCUT2D eigenvalue weighted by atomic mass is 31.2. The first-order valence-corrected chi connectivity index (χ1v) is 8.70. The van der Waals surface area contributed by atoms with Crippen molar-refractivity contribution in [1.29, 1.82) is 0 Å². The summed E-state index contributed by atoms with van der Waals surface area (Å²) in [6.45, 7) is 0.525. The number of hydrogen-bond donors (Lipinski definition) is 1. The van der Waals surface area contributed by atoms with E-state index in [4.69, 9.17) is 5.11 Å². The molecule has 1 unspecified atom stereocenters. The number of rotatable bonds is 14. The third-order valence-corrected chi connectivity index (χ3v) is 3.97. The summed E-state index contributed by atoms with van der Waals surface area (Å²) in [6.07, 6.45) is 11.1. The summed E-state index contributed by atoms with van der Waals surface area (Å²) in [5, 5.41) is 8.62. The molecule has 0 bridgehead atoms. The van der Waals surface area contributed by atoms with Crippen LogP contribution in [-0.4, -0.2) is 25.4 Å². The van der Waals surface area contributed by atoms with Crippen molar-refractivity contribution >= 4 is 7.82 Å². The Kier molecular flexibility index (Phi) is 13.1. The SMILES string of the molecule is COP(=O)([O-])OCCCCCCCCCCCCO. The molecule has 0 radical (unpaired) electrons. The van der Waals surface area contributed by atoms with Crippen LogP contribution < -0.4 is 4.89 Å². The number of aliphatic hydroxyl groups excluding tert-OH is 1. The Bertz CT molecular complexity index is 235. The topological polar surface area (TPSA) is 78.8 Å². The maximum Gasteiger partial charge on any atom is 0.267 e. The van der Waals surface area contributed by atoms with Gasteiger partial charge in [-0.15, -0.1) is 0 Å². The van der Waals surface area contributed by atoms with Crippen LogP contribution in [0.1, 0.15) is 64.2 Å². The van der Waals surface area contributed by atoms with Crippen molar-refractivity contribution in [1.82, 2.24) is 0 Å². The Morgan fingerprint density at radius 1 is 0.895 bits per heavy atom. The zero-order valence-electron chi connectivity index (χ0n) is 12.0. The van der Waals surface area contributed by atoms with Crippen LogP contribution in [0.4, 0.5) is 0 Å². The summed E-state index contributed by atoms with van der Waals surface area (Å²) >= 11 is 0. The number of unbranched alkanes of at least 4 members (excludes halogenated alkanes) is 9. The molecule has 0 rings (SSSR count). The number of hydrogen-bond acceptors (Lipinski definition) is 5. The fourth-order valence-corrected chi connectivity index (χ4v) is 2.32. The summed E-state index contributed by atoms with van der Waals surface area (Å²) < 4.78 is 19.7. The van der Waals surface area contributed by atoms with E-state index in [2.05, 4.69) is 9.05 Å². The normalized spacial score (nSPS) is 14.5. The Morgan fingerprint density at radius 2 is 1.32 bits per heavy atom. The highest BCUT2D eigenvalue weighted by Gasteiger charge is 2.04. The second-order valence-electron chi connectivity index (χ2n) is 4.72. The van der Waals surface area contributed by atoms with E-state index < -0.39 is 7.82 Å². The van der Waals surface area contributed by atoms with Crippen molar-refractivity contribution in [2.45, 2.75) is 64.2 Å². The minimum absolute atomic E-state index is 0.218. The van der Waals surface area contributed by atoms with Gasteiger partial charge in [-0.25, -0.2) is 0 Å². The first-order valence-electron chi connectivity index (χ1n) is 7.24. The zero-order chi connectivity index (χ0) is 14.4. The smallest absolute Gasteiger partial charge is 0.267 e. The molecule has 0 aromatic carbocycles. The third-order valence-electron chi connectivity index (χ3n) is 3.03. The number of aliphatic hydroxyl groups is 1. The third kappa shape index (κ3) is 14.3. The van der Waals surface area contributed by atoms with E-state index in [1.807, 2.05) is 0 Å². The minimum Gasteiger partial charge on any atom is -0.756 e. The molecule has 0 aliphatic carbocycles. The second-order valence-corrected chi connectivity index (χ2v) is 6.24. The second kappa shape index (κ2) is 13.1. The van der Waals surface area contributed by atoms with E-state index in [0.29, 0.717) is 6.61 Å². The van der Waals surface area contributed by atoms with Crippen molar-refractivity contribution in [2.24, 2.45) is 0 Å². The molecular formula is C13H28O5P-. The predicted molar refractivity (Wildman–Crippen MR) is 73.8 cm³/mol. The van der Waals surface area contributed by atoms with Gasteiger partial charge in [-0.3, -0.25) is 4.57 Å². The van der Waals surface area contributed by atoms with E-state index in [9.17, 15) is 9.46 Å². The van der Waals surface area contributed by atoms with Crippen LogP contribution >= 0.6 is 7.82 Å². The van der Waals surface area contributed by atoms with E-state index in [1.165, 1.54) is 32.1 Å². The lowest BCUT2D eigenvalue weighted by atomic mass is 10.1. The molecule has 0 aliphatic heterocycles. The quantitative estimate of drug-likeness (QED) is 0.393. The van der Waals surface area contributed by atoms with E-state index >= 15 is 0 Å². The first-order chi connectivity index (χ1) is 9.12. The van der Waals surface area contributed by atoms with Gasteiger partial charge in [-0.2, -0.15) is 0 Å². The van der Waals surface area contributed by atoms with Crippen LogP contribution in [0, 0.1) is 0 Å². The van der Waals surface area contributed by atoms with Crippen molar-refractivity contribution in [3.63, 3.8) is 0 Å². The molecule has 0 aromatic heterocycles. The molecule has 0 heterocycles. The first kappa shape index (κ1) is 19.1. The molecule has 0 saturated heterocycles. The van der Waals surface area contributed by atoms with Gasteiger partial charge in [-0.1, -0.05) is 51.4 Å². The van der Waals surface area contributed by atoms with E-state index in [0.717, 1.165) is 39.2 Å². The molecule has 1 atom stereocenters. The average molecular weight is 295 g/mol. The molecule has 5 nitrogen and oxygen atoms in total. The summed E-state index contributed by atoms with van der Waals surface area (Å²) in [5.74, 6) is 0. The zero-order valence-corrected chi connectivity index (χ0v) is 12.9. The molecule has 0 aliphatic rings. The molecule has 0 aromatic rings. The molecule has 6 heteroatoms. The van der Waals surface area contributed by atoms with Gasteiger partial charge in [0.1, 0.15) is 0 Å². The van der Waals surface area contributed by atoms with Crippen LogP contribution in [-0.2, 0) is 13.6 Å². The standard InChI is InChI=1S/C13H29O5P/c1-17-19(15,16)18-13-11-9-7-5-3-2-4-6-8-10-12-14/h14H,2-13H2,1H3,(H,15,16)/p-1. The van der Waals surface area contributed by atoms with Gasteiger partial charge < -0.3 is 19.0 Å². The van der Waals surface area contributed by atoms with Crippen LogP contribution in [0.2, 0.25) is 0 Å². The maximum atomic E-state index is 10.8. The van der Waals surface area contributed by atoms with E-state index in [-0.39, 0.29) is 6.61 Å². The average Bonchev–Trinajstić information content (AvgIpc) is 2.40. The Morgan fingerprint density at radius 3 is 1.74 bits per heavy atom. The van der Waals surface area contributed by atoms with Gasteiger partial charge in [0.25, 0.3) is 7.82 Å². The monoisotopic (exact) mass is 295 g/mol. The lowest BCUT2D eigenvalue weighted by Gasteiger charge is -2.19. The predicted octanol–water partition coefficient (Wildman–Crippen LogP) is 3.01. The van der Waals surface area contributed by atoms with Crippen molar-refractivity contribution in [3.05, 3.63) is 0 Å². The minimum atomic E-state index is -4.02. The van der Waals surface area contributed by atoms with Crippen LogP contribution in [0.5, 0.6) is 0 Å². The van der Waals surface area contributed by atoms with Crippen LogP contribution in [0.25, 0.3) is 0 Å². The van der Waals surface area contributed by atoms with Gasteiger partial charge in [-0.05, 0) is 12.8 Å². The van der Waals surface area contributed by atoms with Crippen molar-refractivity contribution in [3.8, 4) is 0 Å². The van der Waals surface area contributed by atoms with Gasteiger partial charge in [0.05, 0.1) is 6.61 Å². The molecule has 0 spiro atoms. The summed E-state index contributed by atoms with van der Waals surface area (Å²) in [4.78, 5) is 10.8. The highest BCUT2D eigenvalue weighted by molar-refractivity contribution is 7.45. The molecule has 19 heavy (non-hydrogen) atoms. The number of phosphoric ester groups is 1. The number of phosphoric acid groups is 1. The van der Waals surface area contributed by atoms with Crippen LogP contribution in [0.15, 0.2) is 0 Å². The van der Waals surface area contributed by atoms with Crippen LogP contribution in [0.3, 0.4) is 0 Å². The van der Waals surface area contributed by atoms with Gasteiger partial charge >= 0.3 is 0 Å². The fraction of sp³-hybridized carbons (Fsp3) is 1.00. The van der Waals surface area contributed by atoms with Gasteiger partial charge in [0.2, 0.25) is 0 Å². The molecule has 0 fully saturated rings. The molecule has 1 N–H and O–H groups in total. The molecule has 0 amide bonds. The molecule has 0 saturated carbocycles. The van der Waals surface area contributed by atoms with Crippen molar-refractivity contribution < 1.29 is 23.6 Å².